The molecule has 122 valence electrons. The fraction of sp³-hybridized carbons (Fsp3) is 0.500. The zero-order chi connectivity index (χ0) is 15.6. The van der Waals surface area contributed by atoms with Crippen molar-refractivity contribution < 1.29 is 9.53 Å². The Morgan fingerprint density at radius 3 is 2.91 bits per heavy atom. The lowest BCUT2D eigenvalue weighted by Crippen LogP contribution is -2.38. The van der Waals surface area contributed by atoms with Gasteiger partial charge in [-0.05, 0) is 11.4 Å². The lowest BCUT2D eigenvalue weighted by Gasteiger charge is -2.27. The summed E-state index contributed by atoms with van der Waals surface area (Å²) in [6.07, 6.45) is 2.14. The Labute approximate surface area is 139 Å². The number of aromatic nitrogens is 2. The molecule has 0 unspecified atom stereocenters. The van der Waals surface area contributed by atoms with Crippen LogP contribution in [0.4, 0.5) is 0 Å². The van der Waals surface area contributed by atoms with E-state index in [1.807, 2.05) is 21.7 Å². The average Bonchev–Trinajstić information content (AvgIpc) is 3.23. The molecule has 2 aromatic heterocycles. The summed E-state index contributed by atoms with van der Waals surface area (Å²) in [5.41, 5.74) is 1.87. The Bertz CT molecular complexity index is 676. The van der Waals surface area contributed by atoms with Crippen LogP contribution in [-0.4, -0.2) is 58.1 Å². The molecule has 4 rings (SSSR count). The lowest BCUT2D eigenvalue weighted by atomic mass is 10.2. The van der Waals surface area contributed by atoms with Crippen LogP contribution in [0.15, 0.2) is 23.0 Å². The zero-order valence-electron chi connectivity index (χ0n) is 13.0. The van der Waals surface area contributed by atoms with Crippen molar-refractivity contribution >= 4 is 17.2 Å². The minimum absolute atomic E-state index is 0.107. The topological polar surface area (TPSA) is 50.6 Å². The highest BCUT2D eigenvalue weighted by atomic mass is 32.1. The fourth-order valence-corrected chi connectivity index (χ4v) is 3.75. The molecule has 1 amide bonds. The van der Waals surface area contributed by atoms with Gasteiger partial charge in [-0.25, -0.2) is 4.98 Å². The van der Waals surface area contributed by atoms with Crippen molar-refractivity contribution in [3.05, 3.63) is 40.1 Å². The smallest absolute Gasteiger partial charge is 0.255 e. The maximum Gasteiger partial charge on any atom is 0.255 e. The average molecular weight is 332 g/mol. The number of amides is 1. The summed E-state index contributed by atoms with van der Waals surface area (Å²) < 4.78 is 7.57. The second-order valence-electron chi connectivity index (χ2n) is 5.97. The molecule has 0 aromatic carbocycles. The Morgan fingerprint density at radius 2 is 2.13 bits per heavy atom. The summed E-state index contributed by atoms with van der Waals surface area (Å²) in [5, 5.41) is 3.85. The number of carbonyl (C=O) groups excluding carboxylic acids is 1. The molecule has 0 saturated carbocycles. The van der Waals surface area contributed by atoms with E-state index in [4.69, 9.17) is 9.72 Å². The number of nitrogens with zero attached hydrogens (tertiary/aromatic N) is 4. The van der Waals surface area contributed by atoms with Gasteiger partial charge in [0.2, 0.25) is 0 Å². The molecule has 6 nitrogen and oxygen atoms in total. The van der Waals surface area contributed by atoms with E-state index in [9.17, 15) is 4.79 Å². The third-order valence-electron chi connectivity index (χ3n) is 4.40. The summed E-state index contributed by atoms with van der Waals surface area (Å²) in [6.45, 7) is 6.55. The molecule has 0 N–H and O–H groups in total. The predicted molar refractivity (Wildman–Crippen MR) is 87.4 cm³/mol. The first-order valence-corrected chi connectivity index (χ1v) is 8.90. The molecule has 0 spiro atoms. The Morgan fingerprint density at radius 1 is 1.26 bits per heavy atom. The van der Waals surface area contributed by atoms with E-state index < -0.39 is 0 Å². The van der Waals surface area contributed by atoms with Crippen LogP contribution in [-0.2, 0) is 24.4 Å². The number of carbonyl (C=O) groups is 1. The maximum atomic E-state index is 12.5. The number of rotatable bonds is 3. The molecule has 4 heterocycles. The van der Waals surface area contributed by atoms with Crippen LogP contribution >= 0.6 is 11.3 Å². The van der Waals surface area contributed by atoms with Crippen LogP contribution in [0.5, 0.6) is 0 Å². The van der Waals surface area contributed by atoms with Gasteiger partial charge in [0.05, 0.1) is 31.0 Å². The number of thiophene rings is 1. The highest BCUT2D eigenvalue weighted by Gasteiger charge is 2.24. The molecular formula is C16H20N4O2S. The monoisotopic (exact) mass is 332 g/mol. The quantitative estimate of drug-likeness (QED) is 0.853. The number of ether oxygens (including phenoxy) is 1. The summed E-state index contributed by atoms with van der Waals surface area (Å²) in [7, 11) is 0. The standard InChI is InChI=1S/C16H20N4O2S/c21-16(13-1-8-23-12-13)20-3-2-19-10-14(17-15(19)11-20)9-18-4-6-22-7-5-18/h1,8,10,12H,2-7,9,11H2. The van der Waals surface area contributed by atoms with Gasteiger partial charge < -0.3 is 14.2 Å². The molecule has 2 aliphatic heterocycles. The number of imidazole rings is 1. The van der Waals surface area contributed by atoms with Crippen LogP contribution in [0.3, 0.4) is 0 Å². The normalized spacial score (nSPS) is 18.9. The molecule has 1 fully saturated rings. The summed E-state index contributed by atoms with van der Waals surface area (Å²) >= 11 is 1.56. The second kappa shape index (κ2) is 6.43. The summed E-state index contributed by atoms with van der Waals surface area (Å²) in [4.78, 5) is 21.5. The van der Waals surface area contributed by atoms with Gasteiger partial charge in [-0.2, -0.15) is 11.3 Å². The van der Waals surface area contributed by atoms with Gasteiger partial charge in [0.15, 0.2) is 0 Å². The first-order chi connectivity index (χ1) is 11.3. The van der Waals surface area contributed by atoms with E-state index in [0.29, 0.717) is 6.54 Å². The van der Waals surface area contributed by atoms with E-state index in [1.165, 1.54) is 0 Å². The van der Waals surface area contributed by atoms with Crippen LogP contribution in [0, 0.1) is 0 Å². The molecule has 2 aromatic rings. The molecule has 7 heteroatoms. The first-order valence-electron chi connectivity index (χ1n) is 7.96. The largest absolute Gasteiger partial charge is 0.379 e. The second-order valence-corrected chi connectivity index (χ2v) is 6.75. The van der Waals surface area contributed by atoms with Gasteiger partial charge in [0, 0.05) is 44.3 Å². The number of morpholine rings is 1. The van der Waals surface area contributed by atoms with Crippen LogP contribution in [0.1, 0.15) is 21.9 Å². The van der Waals surface area contributed by atoms with Crippen molar-refractivity contribution in [2.24, 2.45) is 0 Å². The summed E-state index contributed by atoms with van der Waals surface area (Å²) in [6, 6.07) is 1.89. The van der Waals surface area contributed by atoms with E-state index in [1.54, 1.807) is 11.3 Å². The van der Waals surface area contributed by atoms with Gasteiger partial charge in [-0.1, -0.05) is 0 Å². The van der Waals surface area contributed by atoms with E-state index in [-0.39, 0.29) is 5.91 Å². The lowest BCUT2D eigenvalue weighted by molar-refractivity contribution is 0.0337. The molecule has 0 atom stereocenters. The van der Waals surface area contributed by atoms with Gasteiger partial charge >= 0.3 is 0 Å². The van der Waals surface area contributed by atoms with Crippen LogP contribution in [0.2, 0.25) is 0 Å². The molecule has 0 aliphatic carbocycles. The van der Waals surface area contributed by atoms with Crippen molar-refractivity contribution in [3.63, 3.8) is 0 Å². The number of fused-ring (bicyclic) bond motifs is 1. The highest BCUT2D eigenvalue weighted by Crippen LogP contribution is 2.18. The fourth-order valence-electron chi connectivity index (χ4n) is 3.12. The van der Waals surface area contributed by atoms with Gasteiger partial charge in [-0.15, -0.1) is 0 Å². The van der Waals surface area contributed by atoms with Crippen LogP contribution < -0.4 is 0 Å². The third kappa shape index (κ3) is 3.17. The highest BCUT2D eigenvalue weighted by molar-refractivity contribution is 7.08. The number of hydrogen-bond acceptors (Lipinski definition) is 5. The van der Waals surface area contributed by atoms with Crippen molar-refractivity contribution in [2.45, 2.75) is 19.6 Å². The molecule has 0 radical (unpaired) electrons. The zero-order valence-corrected chi connectivity index (χ0v) is 13.8. The Hall–Kier alpha value is -1.70. The van der Waals surface area contributed by atoms with Gasteiger partial charge in [0.1, 0.15) is 5.82 Å². The van der Waals surface area contributed by atoms with Crippen molar-refractivity contribution in [2.75, 3.05) is 32.8 Å². The Balaban J connectivity index is 1.44. The van der Waals surface area contributed by atoms with E-state index in [0.717, 1.165) is 63.0 Å². The minimum Gasteiger partial charge on any atom is -0.379 e. The SMILES string of the molecule is O=C(c1ccsc1)N1CCn2cc(CN3CCOCC3)nc2C1. The third-order valence-corrected chi connectivity index (χ3v) is 5.08. The first kappa shape index (κ1) is 14.9. The van der Waals surface area contributed by atoms with Gasteiger partial charge in [-0.3, -0.25) is 9.69 Å². The minimum atomic E-state index is 0.107. The maximum absolute atomic E-state index is 12.5. The van der Waals surface area contributed by atoms with E-state index in [2.05, 4.69) is 15.7 Å². The van der Waals surface area contributed by atoms with Crippen LogP contribution in [0.25, 0.3) is 0 Å². The predicted octanol–water partition coefficient (Wildman–Crippen LogP) is 1.43. The van der Waals surface area contributed by atoms with Crippen molar-refractivity contribution in [1.82, 2.24) is 19.4 Å². The van der Waals surface area contributed by atoms with Crippen molar-refractivity contribution in [1.29, 1.82) is 0 Å². The van der Waals surface area contributed by atoms with E-state index >= 15 is 0 Å². The Kier molecular flexibility index (Phi) is 4.15. The summed E-state index contributed by atoms with van der Waals surface area (Å²) in [5.74, 6) is 1.10. The molecular weight excluding hydrogens is 312 g/mol. The molecule has 0 bridgehead atoms. The van der Waals surface area contributed by atoms with Crippen molar-refractivity contribution in [3.8, 4) is 0 Å². The molecule has 23 heavy (non-hydrogen) atoms. The molecule has 1 saturated heterocycles. The number of hydrogen-bond donors (Lipinski definition) is 0. The van der Waals surface area contributed by atoms with Gasteiger partial charge in [0.25, 0.3) is 5.91 Å². The molecule has 2 aliphatic rings.